The van der Waals surface area contributed by atoms with E-state index in [1.54, 1.807) is 17.8 Å². The Hall–Kier alpha value is -2.53. The minimum Gasteiger partial charge on any atom is -0.465 e. The van der Waals surface area contributed by atoms with Gasteiger partial charge in [-0.15, -0.1) is 11.8 Å². The van der Waals surface area contributed by atoms with Crippen molar-refractivity contribution < 1.29 is 19.1 Å². The van der Waals surface area contributed by atoms with Gasteiger partial charge < -0.3 is 9.47 Å². The third-order valence-electron chi connectivity index (χ3n) is 5.97. The van der Waals surface area contributed by atoms with E-state index in [1.165, 1.54) is 0 Å². The summed E-state index contributed by atoms with van der Waals surface area (Å²) in [6.45, 7) is 12.7. The standard InChI is InChI=1S/C29H38O4S/c1-6-23-15-11-16-25(19-23)29(5,27(31)33-20-24-13-9-8-10-14-24)18-12-17-28(3,4)22-34-21-26(30)32-7-2/h6,8-11,13-16,19H,1,7,12,17-18,20-22H2,2-5H3. The first kappa shape index (κ1) is 27.7. The van der Waals surface area contributed by atoms with Crippen molar-refractivity contribution in [1.29, 1.82) is 0 Å². The quantitative estimate of drug-likeness (QED) is 0.276. The Morgan fingerprint density at radius 2 is 1.74 bits per heavy atom. The van der Waals surface area contributed by atoms with Gasteiger partial charge >= 0.3 is 11.9 Å². The molecule has 1 atom stereocenters. The molecule has 4 nitrogen and oxygen atoms in total. The zero-order chi connectivity index (χ0) is 25.0. The van der Waals surface area contributed by atoms with Crippen LogP contribution < -0.4 is 0 Å². The molecule has 0 bridgehead atoms. The lowest BCUT2D eigenvalue weighted by Crippen LogP contribution is -2.35. The molecule has 2 aromatic rings. The topological polar surface area (TPSA) is 52.6 Å². The van der Waals surface area contributed by atoms with Gasteiger partial charge in [-0.3, -0.25) is 9.59 Å². The Balaban J connectivity index is 2.06. The number of benzene rings is 2. The van der Waals surface area contributed by atoms with E-state index < -0.39 is 5.41 Å². The lowest BCUT2D eigenvalue weighted by atomic mass is 9.76. The molecule has 0 radical (unpaired) electrons. The van der Waals surface area contributed by atoms with Gasteiger partial charge in [-0.25, -0.2) is 0 Å². The second kappa shape index (κ2) is 13.4. The summed E-state index contributed by atoms with van der Waals surface area (Å²) in [5.74, 6) is 0.841. The maximum atomic E-state index is 13.4. The van der Waals surface area contributed by atoms with E-state index in [9.17, 15) is 9.59 Å². The van der Waals surface area contributed by atoms with Crippen molar-refractivity contribution in [3.63, 3.8) is 0 Å². The van der Waals surface area contributed by atoms with Gasteiger partial charge in [-0.05, 0) is 54.5 Å². The normalized spacial score (nSPS) is 13.1. The van der Waals surface area contributed by atoms with Crippen molar-refractivity contribution in [3.05, 3.63) is 77.9 Å². The summed E-state index contributed by atoms with van der Waals surface area (Å²) in [6, 6.07) is 17.7. The monoisotopic (exact) mass is 482 g/mol. The fraction of sp³-hybridized carbons (Fsp3) is 0.448. The molecule has 2 aromatic carbocycles. The van der Waals surface area contributed by atoms with Crippen LogP contribution in [0, 0.1) is 5.41 Å². The highest BCUT2D eigenvalue weighted by molar-refractivity contribution is 7.99. The van der Waals surface area contributed by atoms with Gasteiger partial charge in [-0.2, -0.15) is 0 Å². The van der Waals surface area contributed by atoms with E-state index in [1.807, 2.05) is 68.4 Å². The van der Waals surface area contributed by atoms with Crippen LogP contribution in [0.3, 0.4) is 0 Å². The van der Waals surface area contributed by atoms with E-state index in [0.29, 0.717) is 18.8 Å². The summed E-state index contributed by atoms with van der Waals surface area (Å²) < 4.78 is 10.8. The zero-order valence-electron chi connectivity index (χ0n) is 21.0. The molecule has 0 fully saturated rings. The zero-order valence-corrected chi connectivity index (χ0v) is 21.8. The van der Waals surface area contributed by atoms with E-state index in [4.69, 9.17) is 9.47 Å². The molecule has 0 N–H and O–H groups in total. The summed E-state index contributed by atoms with van der Waals surface area (Å²) in [6.07, 6.45) is 4.27. The van der Waals surface area contributed by atoms with Crippen LogP contribution in [0.15, 0.2) is 61.2 Å². The minimum absolute atomic E-state index is 0.0367. The number of esters is 2. The molecule has 0 heterocycles. The van der Waals surface area contributed by atoms with Gasteiger partial charge in [0.2, 0.25) is 0 Å². The fourth-order valence-electron chi connectivity index (χ4n) is 3.86. The Morgan fingerprint density at radius 3 is 2.41 bits per heavy atom. The number of carbonyl (C=O) groups is 2. The van der Waals surface area contributed by atoms with Crippen LogP contribution in [0.25, 0.3) is 6.08 Å². The third kappa shape index (κ3) is 8.68. The van der Waals surface area contributed by atoms with Crippen LogP contribution in [0.1, 0.15) is 63.6 Å². The summed E-state index contributed by atoms with van der Waals surface area (Å²) in [4.78, 5) is 25.0. The first-order valence-electron chi connectivity index (χ1n) is 11.9. The van der Waals surface area contributed by atoms with E-state index in [2.05, 4.69) is 20.4 Å². The Bertz CT molecular complexity index is 938. The van der Waals surface area contributed by atoms with Crippen LogP contribution in [-0.2, 0) is 31.1 Å². The molecule has 0 saturated heterocycles. The summed E-state index contributed by atoms with van der Waals surface area (Å²) in [5.41, 5.74) is 2.17. The highest BCUT2D eigenvalue weighted by Crippen LogP contribution is 2.36. The minimum atomic E-state index is -0.762. The molecule has 1 unspecified atom stereocenters. The molecule has 0 aliphatic heterocycles. The molecule has 0 spiro atoms. The molecule has 0 aliphatic carbocycles. The van der Waals surface area contributed by atoms with E-state index in [0.717, 1.165) is 35.3 Å². The van der Waals surface area contributed by atoms with Gasteiger partial charge in [0.25, 0.3) is 0 Å². The van der Waals surface area contributed by atoms with Crippen LogP contribution in [0.5, 0.6) is 0 Å². The first-order chi connectivity index (χ1) is 16.2. The van der Waals surface area contributed by atoms with Gasteiger partial charge in [0.15, 0.2) is 0 Å². The fourth-order valence-corrected chi connectivity index (χ4v) is 4.91. The average Bonchev–Trinajstić information content (AvgIpc) is 2.83. The van der Waals surface area contributed by atoms with Crippen molar-refractivity contribution in [3.8, 4) is 0 Å². The third-order valence-corrected chi connectivity index (χ3v) is 7.40. The predicted octanol–water partition coefficient (Wildman–Crippen LogP) is 6.82. The molecule has 2 rings (SSSR count). The highest BCUT2D eigenvalue weighted by Gasteiger charge is 2.37. The lowest BCUT2D eigenvalue weighted by molar-refractivity contribution is -0.152. The van der Waals surface area contributed by atoms with Crippen molar-refractivity contribution in [2.24, 2.45) is 5.41 Å². The number of ether oxygens (including phenoxy) is 2. The second-order valence-corrected chi connectivity index (χ2v) is 10.5. The number of hydrogen-bond acceptors (Lipinski definition) is 5. The maximum Gasteiger partial charge on any atom is 0.316 e. The van der Waals surface area contributed by atoms with E-state index >= 15 is 0 Å². The molecule has 0 aliphatic rings. The first-order valence-corrected chi connectivity index (χ1v) is 13.0. The van der Waals surface area contributed by atoms with E-state index in [-0.39, 0.29) is 24.0 Å². The molecule has 0 amide bonds. The molecule has 184 valence electrons. The van der Waals surface area contributed by atoms with Gasteiger partial charge in [0, 0.05) is 0 Å². The lowest BCUT2D eigenvalue weighted by Gasteiger charge is -2.31. The van der Waals surface area contributed by atoms with Crippen molar-refractivity contribution in [2.75, 3.05) is 18.1 Å². The van der Waals surface area contributed by atoms with Crippen LogP contribution >= 0.6 is 11.8 Å². The SMILES string of the molecule is C=Cc1cccc(C(C)(CCCC(C)(C)CSCC(=O)OCC)C(=O)OCc2ccccc2)c1. The van der Waals surface area contributed by atoms with Gasteiger partial charge in [0.05, 0.1) is 17.8 Å². The summed E-state index contributed by atoms with van der Waals surface area (Å²) >= 11 is 1.60. The molecule has 34 heavy (non-hydrogen) atoms. The number of carbonyl (C=O) groups excluding carboxylic acids is 2. The number of thioether (sulfide) groups is 1. The highest BCUT2D eigenvalue weighted by atomic mass is 32.2. The number of hydrogen-bond donors (Lipinski definition) is 0. The summed E-state index contributed by atoms with van der Waals surface area (Å²) in [7, 11) is 0. The molecule has 0 saturated carbocycles. The Labute approximate surface area is 209 Å². The largest absolute Gasteiger partial charge is 0.465 e. The molecule has 5 heteroatoms. The van der Waals surface area contributed by atoms with Gasteiger partial charge in [-0.1, -0.05) is 87.5 Å². The van der Waals surface area contributed by atoms with Gasteiger partial charge in [0.1, 0.15) is 6.61 Å². The second-order valence-electron chi connectivity index (χ2n) is 9.54. The predicted molar refractivity (Wildman–Crippen MR) is 142 cm³/mol. The molecular formula is C29H38O4S. The molecular weight excluding hydrogens is 444 g/mol. The molecule has 0 aromatic heterocycles. The van der Waals surface area contributed by atoms with Crippen LogP contribution in [0.2, 0.25) is 0 Å². The van der Waals surface area contributed by atoms with Crippen molar-refractivity contribution >= 4 is 29.8 Å². The van der Waals surface area contributed by atoms with Crippen molar-refractivity contribution in [1.82, 2.24) is 0 Å². The maximum absolute atomic E-state index is 13.4. The van der Waals surface area contributed by atoms with Crippen molar-refractivity contribution in [2.45, 2.75) is 59.0 Å². The average molecular weight is 483 g/mol. The number of rotatable bonds is 14. The Morgan fingerprint density at radius 1 is 1.00 bits per heavy atom. The summed E-state index contributed by atoms with van der Waals surface area (Å²) in [5, 5.41) is 0. The smallest absolute Gasteiger partial charge is 0.316 e. The van der Waals surface area contributed by atoms with Crippen LogP contribution in [0.4, 0.5) is 0 Å². The Kier molecular flexibility index (Phi) is 10.9. The van der Waals surface area contributed by atoms with Crippen LogP contribution in [-0.4, -0.2) is 30.1 Å².